The van der Waals surface area contributed by atoms with Crippen LogP contribution in [0.25, 0.3) is 0 Å². The Hall–Kier alpha value is 0.110. The van der Waals surface area contributed by atoms with Crippen LogP contribution < -0.4 is 11.0 Å². The molecule has 0 aromatic carbocycles. The van der Waals surface area contributed by atoms with Crippen molar-refractivity contribution in [1.82, 2.24) is 6.15 Å². The van der Waals surface area contributed by atoms with Gasteiger partial charge in [-0.15, -0.1) is 0 Å². The summed E-state index contributed by atoms with van der Waals surface area (Å²) < 4.78 is 10.7. The van der Waals surface area contributed by atoms with E-state index in [1.165, 1.54) is 12.8 Å². The minimum atomic E-state index is -4.05. The molecule has 5 heteroatoms. The summed E-state index contributed by atoms with van der Waals surface area (Å²) in [6.45, 7) is 4.17. The molecule has 0 saturated heterocycles. The Labute approximate surface area is 92.2 Å². The molecule has 92 valence electrons. The van der Waals surface area contributed by atoms with Gasteiger partial charge in [0, 0.05) is 6.16 Å². The molecule has 5 N–H and O–H groups in total. The Bertz CT molecular complexity index is 221. The Morgan fingerprint density at radius 3 is 2.27 bits per heavy atom. The Kier molecular flexibility index (Phi) is 6.04. The molecule has 0 spiro atoms. The van der Waals surface area contributed by atoms with E-state index in [1.807, 2.05) is 6.92 Å². The lowest BCUT2D eigenvalue weighted by molar-refractivity contribution is -0.194. The summed E-state index contributed by atoms with van der Waals surface area (Å²) in [7, 11) is -4.05. The third-order valence-electron chi connectivity index (χ3n) is 3.38. The normalized spacial score (nSPS) is 32.5. The average molecular weight is 237 g/mol. The fourth-order valence-corrected chi connectivity index (χ4v) is 3.39. The van der Waals surface area contributed by atoms with E-state index in [9.17, 15) is 9.46 Å². The van der Waals surface area contributed by atoms with Crippen molar-refractivity contribution < 1.29 is 14.4 Å². The highest BCUT2D eigenvalue weighted by molar-refractivity contribution is 7.50. The Morgan fingerprint density at radius 2 is 1.87 bits per heavy atom. The van der Waals surface area contributed by atoms with E-state index >= 15 is 0 Å². The summed E-state index contributed by atoms with van der Waals surface area (Å²) in [6.07, 6.45) is 4.57. The molecule has 0 radical (unpaired) electrons. The van der Waals surface area contributed by atoms with Gasteiger partial charge in [-0.3, -0.25) is 0 Å². The van der Waals surface area contributed by atoms with Crippen LogP contribution in [0.1, 0.15) is 39.5 Å². The van der Waals surface area contributed by atoms with Gasteiger partial charge < -0.3 is 20.5 Å². The lowest BCUT2D eigenvalue weighted by Gasteiger charge is -2.32. The van der Waals surface area contributed by atoms with Crippen LogP contribution in [0.15, 0.2) is 0 Å². The van der Waals surface area contributed by atoms with Crippen molar-refractivity contribution in [2.45, 2.75) is 39.5 Å². The van der Waals surface area contributed by atoms with Gasteiger partial charge in [0.25, 0.3) is 0 Å². The first-order valence-electron chi connectivity index (χ1n) is 5.41. The number of hydrogen-bond acceptors (Lipinski definition) is 2. The van der Waals surface area contributed by atoms with Gasteiger partial charge >= 0.3 is 0 Å². The smallest absolute Gasteiger partial charge is 0.132 e. The van der Waals surface area contributed by atoms with Crippen LogP contribution in [0.3, 0.4) is 0 Å². The highest BCUT2D eigenvalue weighted by Gasteiger charge is 2.24. The zero-order valence-corrected chi connectivity index (χ0v) is 10.9. The van der Waals surface area contributed by atoms with E-state index < -0.39 is 7.60 Å². The maximum absolute atomic E-state index is 10.7. The zero-order chi connectivity index (χ0) is 10.8. The summed E-state index contributed by atoms with van der Waals surface area (Å²) in [5.41, 5.74) is 0. The van der Waals surface area contributed by atoms with Crippen molar-refractivity contribution in [1.29, 1.82) is 0 Å². The molecule has 1 saturated carbocycles. The van der Waals surface area contributed by atoms with Crippen LogP contribution >= 0.6 is 7.60 Å². The Balaban J connectivity index is 0.00000196. The number of rotatable bonds is 3. The molecule has 0 amide bonds. The van der Waals surface area contributed by atoms with E-state index in [0.717, 1.165) is 18.8 Å². The monoisotopic (exact) mass is 237 g/mol. The first-order valence-corrected chi connectivity index (χ1v) is 7.17. The second kappa shape index (κ2) is 6.00. The standard InChI is InChI=1S/C10H21O3P.H3N/c1-8-3-5-10(6-4-8)9(2)7-14(11,12)13;/h8-10H,3-7H2,1-2H3,(H2,11,12,13);1H3/t8?,9-,10?;/m1./s1. The van der Waals surface area contributed by atoms with E-state index in [2.05, 4.69) is 6.92 Å². The van der Waals surface area contributed by atoms with Crippen molar-refractivity contribution in [3.63, 3.8) is 0 Å². The summed E-state index contributed by atoms with van der Waals surface area (Å²) >= 11 is 0. The maximum Gasteiger partial charge on any atom is 0.132 e. The quantitative estimate of drug-likeness (QED) is 0.737. The molecule has 4 nitrogen and oxygen atoms in total. The van der Waals surface area contributed by atoms with Crippen LogP contribution in [0.5, 0.6) is 0 Å². The predicted molar refractivity (Wildman–Crippen MR) is 61.0 cm³/mol. The lowest BCUT2D eigenvalue weighted by Crippen LogP contribution is -2.23. The van der Waals surface area contributed by atoms with Crippen LogP contribution in [0, 0.1) is 17.8 Å². The maximum atomic E-state index is 10.7. The molecule has 15 heavy (non-hydrogen) atoms. The summed E-state index contributed by atoms with van der Waals surface area (Å²) in [5.74, 6) is 1.38. The molecule has 0 aliphatic heterocycles. The summed E-state index contributed by atoms with van der Waals surface area (Å²) in [4.78, 5) is 19.5. The lowest BCUT2D eigenvalue weighted by atomic mass is 9.77. The summed E-state index contributed by atoms with van der Waals surface area (Å²) in [5, 5.41) is 0. The molecular weight excluding hydrogens is 213 g/mol. The molecule has 0 heterocycles. The largest absolute Gasteiger partial charge is 0.779 e. The summed E-state index contributed by atoms with van der Waals surface area (Å²) in [6, 6.07) is 0. The highest BCUT2D eigenvalue weighted by atomic mass is 31.2. The molecule has 1 unspecified atom stereocenters. The van der Waals surface area contributed by atoms with Crippen molar-refractivity contribution >= 4 is 7.60 Å². The fraction of sp³-hybridized carbons (Fsp3) is 1.00. The minimum absolute atomic E-state index is 0. The minimum Gasteiger partial charge on any atom is -0.779 e. The third-order valence-corrected chi connectivity index (χ3v) is 4.42. The second-order valence-electron chi connectivity index (χ2n) is 4.82. The van der Waals surface area contributed by atoms with Crippen LogP contribution in [-0.4, -0.2) is 11.1 Å². The Morgan fingerprint density at radius 1 is 1.40 bits per heavy atom. The average Bonchev–Trinajstić information content (AvgIpc) is 2.02. The van der Waals surface area contributed by atoms with Crippen LogP contribution in [-0.2, 0) is 4.57 Å². The highest BCUT2D eigenvalue weighted by Crippen LogP contribution is 2.39. The third kappa shape index (κ3) is 5.67. The second-order valence-corrected chi connectivity index (χ2v) is 6.46. The van der Waals surface area contributed by atoms with Gasteiger partial charge in [0.1, 0.15) is 7.60 Å². The molecule has 0 aromatic heterocycles. The molecule has 1 aliphatic rings. The molecule has 0 bridgehead atoms. The molecular formula is C10H24NO3P. The van der Waals surface area contributed by atoms with E-state index in [1.54, 1.807) is 0 Å². The van der Waals surface area contributed by atoms with Crippen molar-refractivity contribution in [2.75, 3.05) is 6.16 Å². The van der Waals surface area contributed by atoms with Gasteiger partial charge in [-0.05, 0) is 30.6 Å². The fourth-order valence-electron chi connectivity index (χ4n) is 2.37. The number of quaternary nitrogens is 1. The van der Waals surface area contributed by atoms with E-state index in [4.69, 9.17) is 4.89 Å². The molecule has 2 atom stereocenters. The zero-order valence-electron chi connectivity index (χ0n) is 9.98. The van der Waals surface area contributed by atoms with Crippen molar-refractivity contribution in [2.24, 2.45) is 17.8 Å². The van der Waals surface area contributed by atoms with Crippen molar-refractivity contribution in [3.05, 3.63) is 0 Å². The first kappa shape index (κ1) is 15.1. The first-order chi connectivity index (χ1) is 6.38. The SMILES string of the molecule is CC1CCC([C@H](C)CP(=O)([O-])O)CC1.[NH4+]. The van der Waals surface area contributed by atoms with Gasteiger partial charge in [-0.1, -0.05) is 26.7 Å². The van der Waals surface area contributed by atoms with Gasteiger partial charge in [0.05, 0.1) is 0 Å². The van der Waals surface area contributed by atoms with E-state index in [-0.39, 0.29) is 18.2 Å². The van der Waals surface area contributed by atoms with Crippen molar-refractivity contribution in [3.8, 4) is 0 Å². The van der Waals surface area contributed by atoms with Crippen LogP contribution in [0.4, 0.5) is 0 Å². The molecule has 1 fully saturated rings. The van der Waals surface area contributed by atoms with Crippen LogP contribution in [0.2, 0.25) is 0 Å². The predicted octanol–water partition coefficient (Wildman–Crippen LogP) is 2.37. The van der Waals surface area contributed by atoms with Gasteiger partial charge in [0.2, 0.25) is 0 Å². The van der Waals surface area contributed by atoms with Gasteiger partial charge in [0.15, 0.2) is 0 Å². The van der Waals surface area contributed by atoms with Gasteiger partial charge in [-0.25, -0.2) is 0 Å². The van der Waals surface area contributed by atoms with Gasteiger partial charge in [-0.2, -0.15) is 0 Å². The topological polar surface area (TPSA) is 96.9 Å². The number of hydrogen-bond donors (Lipinski definition) is 2. The molecule has 1 rings (SSSR count). The molecule has 0 aromatic rings. The molecule has 1 aliphatic carbocycles. The van der Waals surface area contributed by atoms with E-state index in [0.29, 0.717) is 5.92 Å².